The van der Waals surface area contributed by atoms with Crippen LogP contribution in [-0.4, -0.2) is 29.0 Å². The van der Waals surface area contributed by atoms with Crippen LogP contribution in [0.15, 0.2) is 35.4 Å². The first-order valence-electron chi connectivity index (χ1n) is 4.87. The standard InChI is InChI=1S/C11H15N3S/c1-14-7-8-15(11(14)13-12)9-10-5-3-2-4-6-10/h2-6,8H,7,9,12H2,1H3. The molecular weight excluding hydrogens is 206 g/mol. The van der Waals surface area contributed by atoms with Gasteiger partial charge in [0.05, 0.1) is 0 Å². The Kier molecular flexibility index (Phi) is 3.06. The molecule has 1 aromatic carbocycles. The molecule has 0 spiro atoms. The summed E-state index contributed by atoms with van der Waals surface area (Å²) in [6.07, 6.45) is 0. The average Bonchev–Trinajstić information content (AvgIpc) is 2.61. The molecule has 1 aliphatic heterocycles. The SMILES string of the molecule is CN1CC=S(Cc2ccccc2)C1=NN. The van der Waals surface area contributed by atoms with Crippen molar-refractivity contribution in [1.29, 1.82) is 0 Å². The van der Waals surface area contributed by atoms with Crippen molar-refractivity contribution in [3.63, 3.8) is 0 Å². The van der Waals surface area contributed by atoms with Crippen LogP contribution in [0.25, 0.3) is 0 Å². The van der Waals surface area contributed by atoms with Crippen LogP contribution in [0.3, 0.4) is 0 Å². The van der Waals surface area contributed by atoms with Gasteiger partial charge in [-0.15, -0.1) is 10.5 Å². The van der Waals surface area contributed by atoms with Gasteiger partial charge in [0.25, 0.3) is 0 Å². The zero-order valence-electron chi connectivity index (χ0n) is 8.76. The van der Waals surface area contributed by atoms with E-state index < -0.39 is 0 Å². The molecular formula is C11H15N3S. The Morgan fingerprint density at radius 3 is 2.80 bits per heavy atom. The van der Waals surface area contributed by atoms with Gasteiger partial charge in [-0.2, -0.15) is 5.10 Å². The zero-order valence-corrected chi connectivity index (χ0v) is 9.57. The van der Waals surface area contributed by atoms with Crippen molar-refractivity contribution in [2.24, 2.45) is 10.9 Å². The fraction of sp³-hybridized carbons (Fsp3) is 0.273. The first kappa shape index (κ1) is 10.2. The predicted molar refractivity (Wildman–Crippen MR) is 68.1 cm³/mol. The van der Waals surface area contributed by atoms with Crippen molar-refractivity contribution in [2.75, 3.05) is 13.6 Å². The molecule has 1 unspecified atom stereocenters. The quantitative estimate of drug-likeness (QED) is 0.466. The molecule has 0 radical (unpaired) electrons. The van der Waals surface area contributed by atoms with E-state index in [2.05, 4.69) is 39.6 Å². The van der Waals surface area contributed by atoms with Crippen LogP contribution in [0, 0.1) is 0 Å². The van der Waals surface area contributed by atoms with Gasteiger partial charge in [-0.05, 0) is 10.9 Å². The highest BCUT2D eigenvalue weighted by Gasteiger charge is 2.16. The van der Waals surface area contributed by atoms with Crippen LogP contribution >= 0.6 is 10.5 Å². The van der Waals surface area contributed by atoms with Crippen molar-refractivity contribution in [3.8, 4) is 0 Å². The highest BCUT2D eigenvalue weighted by molar-refractivity contribution is 8.27. The van der Waals surface area contributed by atoms with E-state index in [1.54, 1.807) is 0 Å². The first-order chi connectivity index (χ1) is 7.31. The monoisotopic (exact) mass is 221 g/mol. The van der Waals surface area contributed by atoms with Crippen molar-refractivity contribution >= 4 is 21.0 Å². The molecule has 4 heteroatoms. The van der Waals surface area contributed by atoms with Crippen LogP contribution in [0.1, 0.15) is 5.56 Å². The summed E-state index contributed by atoms with van der Waals surface area (Å²) in [4.78, 5) is 2.10. The summed E-state index contributed by atoms with van der Waals surface area (Å²) in [5.74, 6) is 6.42. The lowest BCUT2D eigenvalue weighted by Gasteiger charge is -2.13. The maximum absolute atomic E-state index is 5.40. The molecule has 3 nitrogen and oxygen atoms in total. The Morgan fingerprint density at radius 1 is 1.40 bits per heavy atom. The lowest BCUT2D eigenvalue weighted by atomic mass is 10.2. The number of rotatable bonds is 2. The minimum atomic E-state index is 0.0798. The van der Waals surface area contributed by atoms with Gasteiger partial charge in [-0.25, -0.2) is 0 Å². The van der Waals surface area contributed by atoms with Crippen LogP contribution in [-0.2, 0) is 5.75 Å². The molecule has 1 heterocycles. The molecule has 0 amide bonds. The van der Waals surface area contributed by atoms with E-state index in [0.29, 0.717) is 0 Å². The van der Waals surface area contributed by atoms with Gasteiger partial charge in [-0.3, -0.25) is 0 Å². The molecule has 2 rings (SSSR count). The first-order valence-corrected chi connectivity index (χ1v) is 6.33. The summed E-state index contributed by atoms with van der Waals surface area (Å²) in [5.41, 5.74) is 1.34. The third kappa shape index (κ3) is 2.21. The Morgan fingerprint density at radius 2 is 2.13 bits per heavy atom. The largest absolute Gasteiger partial charge is 0.349 e. The molecule has 0 saturated heterocycles. The number of benzene rings is 1. The number of hydrogen-bond acceptors (Lipinski definition) is 2. The topological polar surface area (TPSA) is 41.6 Å². The molecule has 1 atom stereocenters. The Bertz CT molecular complexity index is 398. The Balaban J connectivity index is 2.14. The molecule has 1 aromatic rings. The molecule has 0 fully saturated rings. The number of nitrogens with zero attached hydrogens (tertiary/aromatic N) is 2. The van der Waals surface area contributed by atoms with E-state index in [0.717, 1.165) is 17.5 Å². The number of hydrazone groups is 1. The van der Waals surface area contributed by atoms with E-state index in [1.165, 1.54) is 5.56 Å². The summed E-state index contributed by atoms with van der Waals surface area (Å²) in [6, 6.07) is 10.5. The minimum absolute atomic E-state index is 0.0798. The third-order valence-electron chi connectivity index (χ3n) is 2.39. The van der Waals surface area contributed by atoms with Gasteiger partial charge in [0.2, 0.25) is 0 Å². The van der Waals surface area contributed by atoms with Crippen molar-refractivity contribution in [3.05, 3.63) is 35.9 Å². The van der Waals surface area contributed by atoms with Gasteiger partial charge < -0.3 is 10.7 Å². The molecule has 15 heavy (non-hydrogen) atoms. The number of amidine groups is 1. The van der Waals surface area contributed by atoms with E-state index in [-0.39, 0.29) is 10.5 Å². The summed E-state index contributed by atoms with van der Waals surface area (Å²) < 4.78 is 0. The Labute approximate surface area is 92.5 Å². The minimum Gasteiger partial charge on any atom is -0.349 e. The van der Waals surface area contributed by atoms with Gasteiger partial charge in [0, 0.05) is 19.3 Å². The van der Waals surface area contributed by atoms with Crippen molar-refractivity contribution in [2.45, 2.75) is 5.75 Å². The molecule has 1 aliphatic rings. The summed E-state index contributed by atoms with van der Waals surface area (Å²) in [5, 5.41) is 7.17. The van der Waals surface area contributed by atoms with Gasteiger partial charge >= 0.3 is 0 Å². The van der Waals surface area contributed by atoms with Gasteiger partial charge in [-0.1, -0.05) is 30.3 Å². The van der Waals surface area contributed by atoms with Crippen LogP contribution < -0.4 is 5.84 Å². The average molecular weight is 221 g/mol. The number of nitrogens with two attached hydrogens (primary N) is 1. The normalized spacial score (nSPS) is 23.1. The maximum atomic E-state index is 5.40. The predicted octanol–water partition coefficient (Wildman–Crippen LogP) is 1.43. The summed E-state index contributed by atoms with van der Waals surface area (Å²) in [7, 11) is 2.11. The molecule has 2 N–H and O–H groups in total. The second-order valence-corrected chi connectivity index (χ2v) is 5.36. The molecule has 0 aliphatic carbocycles. The smallest absolute Gasteiger partial charge is 0.177 e. The Hall–Kier alpha value is -1.29. The van der Waals surface area contributed by atoms with E-state index >= 15 is 0 Å². The lowest BCUT2D eigenvalue weighted by Crippen LogP contribution is -2.21. The molecule has 0 bridgehead atoms. The van der Waals surface area contributed by atoms with E-state index in [4.69, 9.17) is 5.84 Å². The molecule has 0 aromatic heterocycles. The molecule has 80 valence electrons. The zero-order chi connectivity index (χ0) is 10.7. The maximum Gasteiger partial charge on any atom is 0.177 e. The highest BCUT2D eigenvalue weighted by Crippen LogP contribution is 2.26. The van der Waals surface area contributed by atoms with Gasteiger partial charge in [0.1, 0.15) is 0 Å². The lowest BCUT2D eigenvalue weighted by molar-refractivity contribution is 0.601. The fourth-order valence-electron chi connectivity index (χ4n) is 1.60. The van der Waals surface area contributed by atoms with Crippen molar-refractivity contribution < 1.29 is 0 Å². The fourth-order valence-corrected chi connectivity index (χ4v) is 3.56. The highest BCUT2D eigenvalue weighted by atomic mass is 32.2. The van der Waals surface area contributed by atoms with E-state index in [9.17, 15) is 0 Å². The third-order valence-corrected chi connectivity index (χ3v) is 4.47. The summed E-state index contributed by atoms with van der Waals surface area (Å²) >= 11 is 0. The van der Waals surface area contributed by atoms with Crippen LogP contribution in [0.2, 0.25) is 0 Å². The molecule has 0 saturated carbocycles. The van der Waals surface area contributed by atoms with Gasteiger partial charge in [0.15, 0.2) is 5.17 Å². The second kappa shape index (κ2) is 4.49. The van der Waals surface area contributed by atoms with Crippen molar-refractivity contribution in [1.82, 2.24) is 4.90 Å². The van der Waals surface area contributed by atoms with E-state index in [1.807, 2.05) is 13.1 Å². The van der Waals surface area contributed by atoms with Crippen LogP contribution in [0.4, 0.5) is 0 Å². The number of hydrogen-bond donors (Lipinski definition) is 1. The second-order valence-electron chi connectivity index (χ2n) is 3.52. The summed E-state index contributed by atoms with van der Waals surface area (Å²) in [6.45, 7) is 0.950. The van der Waals surface area contributed by atoms with Crippen LogP contribution in [0.5, 0.6) is 0 Å².